The minimum absolute atomic E-state index is 0.0465. The summed E-state index contributed by atoms with van der Waals surface area (Å²) in [5.41, 5.74) is -0.616. The quantitative estimate of drug-likeness (QED) is 0.572. The summed E-state index contributed by atoms with van der Waals surface area (Å²) in [6.45, 7) is -0.265. The van der Waals surface area contributed by atoms with Crippen LogP contribution in [-0.2, 0) is 0 Å². The maximum absolute atomic E-state index is 13.1. The second-order valence-corrected chi connectivity index (χ2v) is 5.31. The Morgan fingerprint density at radius 1 is 1.48 bits per heavy atom. The maximum atomic E-state index is 13.1. The van der Waals surface area contributed by atoms with Crippen LogP contribution in [0.25, 0.3) is 0 Å². The molecular weight excluding hydrogens is 281 g/mol. The summed E-state index contributed by atoms with van der Waals surface area (Å²) < 4.78 is 13.1. The average molecular weight is 299 g/mol. The second kappa shape index (κ2) is 6.13. The third kappa shape index (κ3) is 3.72. The summed E-state index contributed by atoms with van der Waals surface area (Å²) in [7, 11) is 0. The van der Waals surface area contributed by atoms with Crippen molar-refractivity contribution in [2.45, 2.75) is 37.3 Å². The number of rotatable bonds is 4. The smallest absolute Gasteiger partial charge is 0.405 e. The molecule has 5 N–H and O–H groups in total. The molecule has 8 heteroatoms. The molecule has 1 aliphatic carbocycles. The van der Waals surface area contributed by atoms with Gasteiger partial charge in [-0.05, 0) is 25.7 Å². The zero-order valence-electron chi connectivity index (χ0n) is 11.3. The molecule has 0 unspecified atom stereocenters. The molecule has 0 radical (unpaired) electrons. The molecule has 1 aromatic rings. The van der Waals surface area contributed by atoms with Gasteiger partial charge in [-0.15, -0.1) is 0 Å². The number of pyridine rings is 1. The molecule has 116 valence electrons. The lowest BCUT2D eigenvalue weighted by atomic mass is 9.80. The Bertz CT molecular complexity index is 518. The van der Waals surface area contributed by atoms with Crippen molar-refractivity contribution in [3.05, 3.63) is 18.1 Å². The van der Waals surface area contributed by atoms with Crippen molar-refractivity contribution in [2.24, 2.45) is 0 Å². The molecule has 0 aromatic carbocycles. The van der Waals surface area contributed by atoms with E-state index in [0.717, 1.165) is 12.3 Å². The van der Waals surface area contributed by atoms with Crippen LogP contribution in [0.1, 0.15) is 25.7 Å². The molecule has 21 heavy (non-hydrogen) atoms. The van der Waals surface area contributed by atoms with Crippen LogP contribution in [0.2, 0.25) is 0 Å². The molecule has 7 nitrogen and oxygen atoms in total. The third-order valence-corrected chi connectivity index (χ3v) is 3.81. The van der Waals surface area contributed by atoms with Gasteiger partial charge in [0.2, 0.25) is 5.88 Å². The molecule has 0 bridgehead atoms. The Kier molecular flexibility index (Phi) is 4.46. The number of aromatic nitrogens is 1. The van der Waals surface area contributed by atoms with Crippen molar-refractivity contribution < 1.29 is 24.5 Å². The van der Waals surface area contributed by atoms with Gasteiger partial charge in [0.05, 0.1) is 18.3 Å². The topological polar surface area (TPSA) is 115 Å². The average Bonchev–Trinajstić information content (AvgIpc) is 2.44. The van der Waals surface area contributed by atoms with E-state index >= 15 is 0 Å². The fourth-order valence-electron chi connectivity index (χ4n) is 2.62. The molecule has 1 fully saturated rings. The van der Waals surface area contributed by atoms with Gasteiger partial charge in [0, 0.05) is 12.1 Å². The molecule has 1 saturated carbocycles. The predicted molar refractivity (Wildman–Crippen MR) is 72.7 cm³/mol. The van der Waals surface area contributed by atoms with Crippen LogP contribution in [0.3, 0.4) is 0 Å². The predicted octanol–water partition coefficient (Wildman–Crippen LogP) is 1.28. The molecule has 0 spiro atoms. The van der Waals surface area contributed by atoms with Crippen molar-refractivity contribution in [1.29, 1.82) is 0 Å². The maximum Gasteiger partial charge on any atom is 0.405 e. The lowest BCUT2D eigenvalue weighted by molar-refractivity contribution is 0.107. The zero-order chi connectivity index (χ0) is 15.5. The van der Waals surface area contributed by atoms with Gasteiger partial charge in [-0.25, -0.2) is 14.2 Å². The summed E-state index contributed by atoms with van der Waals surface area (Å²) in [6, 6.07) is 1.11. The SMILES string of the molecule is O=C(O)N[C@]1(CO)CC[C@@H](Nc2cc(F)cnc2O)CC1. The van der Waals surface area contributed by atoms with Crippen LogP contribution in [-0.4, -0.2) is 44.6 Å². The molecular formula is C13H18FN3O4. The summed E-state index contributed by atoms with van der Waals surface area (Å²) >= 11 is 0. The van der Waals surface area contributed by atoms with E-state index in [2.05, 4.69) is 15.6 Å². The van der Waals surface area contributed by atoms with Gasteiger partial charge in [-0.3, -0.25) is 0 Å². The first-order valence-corrected chi connectivity index (χ1v) is 6.67. The van der Waals surface area contributed by atoms with Crippen LogP contribution < -0.4 is 10.6 Å². The highest BCUT2D eigenvalue weighted by Gasteiger charge is 2.36. The number of nitrogens with one attached hydrogen (secondary N) is 2. The van der Waals surface area contributed by atoms with Gasteiger partial charge in [-0.2, -0.15) is 0 Å². The number of carbonyl (C=O) groups is 1. The van der Waals surface area contributed by atoms with Crippen molar-refractivity contribution in [3.63, 3.8) is 0 Å². The number of amides is 1. The van der Waals surface area contributed by atoms with E-state index in [9.17, 15) is 19.4 Å². The standard InChI is InChI=1S/C13H18FN3O4/c14-8-5-10(11(19)15-6-8)16-9-1-3-13(7-18,4-2-9)17-12(20)21/h5-6,9,16-18H,1-4,7H2,(H,15,19)(H,20,21)/t9-,13-. The van der Waals surface area contributed by atoms with Crippen LogP contribution in [0.4, 0.5) is 14.9 Å². The van der Waals surface area contributed by atoms with Gasteiger partial charge in [0.1, 0.15) is 11.5 Å². The van der Waals surface area contributed by atoms with Crippen molar-refractivity contribution in [2.75, 3.05) is 11.9 Å². The number of anilines is 1. The minimum Gasteiger partial charge on any atom is -0.492 e. The summed E-state index contributed by atoms with van der Waals surface area (Å²) in [5.74, 6) is -0.831. The molecule has 1 aromatic heterocycles. The van der Waals surface area contributed by atoms with Crippen LogP contribution in [0, 0.1) is 5.82 Å². The molecule has 1 aliphatic rings. The normalized spacial score (nSPS) is 25.3. The van der Waals surface area contributed by atoms with Crippen molar-refractivity contribution >= 4 is 11.8 Å². The van der Waals surface area contributed by atoms with E-state index in [1.54, 1.807) is 0 Å². The summed E-state index contributed by atoms with van der Waals surface area (Å²) in [5, 5.41) is 33.1. The van der Waals surface area contributed by atoms with E-state index in [0.29, 0.717) is 25.7 Å². The monoisotopic (exact) mass is 299 g/mol. The first kappa shape index (κ1) is 15.3. The number of aromatic hydroxyl groups is 1. The number of carboxylic acid groups (broad SMARTS) is 1. The first-order valence-electron chi connectivity index (χ1n) is 6.67. The van der Waals surface area contributed by atoms with Crippen molar-refractivity contribution in [1.82, 2.24) is 10.3 Å². The fourth-order valence-corrected chi connectivity index (χ4v) is 2.62. The van der Waals surface area contributed by atoms with Crippen LogP contribution >= 0.6 is 0 Å². The van der Waals surface area contributed by atoms with Crippen LogP contribution in [0.15, 0.2) is 12.3 Å². The van der Waals surface area contributed by atoms with Crippen LogP contribution in [0.5, 0.6) is 5.88 Å². The van der Waals surface area contributed by atoms with E-state index in [1.165, 1.54) is 0 Å². The Morgan fingerprint density at radius 2 is 2.14 bits per heavy atom. The molecule has 1 amide bonds. The van der Waals surface area contributed by atoms with Gasteiger partial charge in [-0.1, -0.05) is 0 Å². The number of hydrogen-bond acceptors (Lipinski definition) is 5. The lowest BCUT2D eigenvalue weighted by Crippen LogP contribution is -2.54. The van der Waals surface area contributed by atoms with Gasteiger partial charge < -0.3 is 26.0 Å². The van der Waals surface area contributed by atoms with Gasteiger partial charge >= 0.3 is 6.09 Å². The summed E-state index contributed by atoms with van der Waals surface area (Å²) in [6.07, 6.45) is 1.83. The lowest BCUT2D eigenvalue weighted by Gasteiger charge is -2.39. The largest absolute Gasteiger partial charge is 0.492 e. The highest BCUT2D eigenvalue weighted by molar-refractivity contribution is 5.65. The van der Waals surface area contributed by atoms with E-state index < -0.39 is 17.4 Å². The van der Waals surface area contributed by atoms with E-state index in [-0.39, 0.29) is 24.2 Å². The number of hydrogen-bond donors (Lipinski definition) is 5. The Labute approximate surface area is 120 Å². The van der Waals surface area contributed by atoms with E-state index in [1.807, 2.05) is 0 Å². The number of aliphatic hydroxyl groups is 1. The number of nitrogens with zero attached hydrogens (tertiary/aromatic N) is 1. The number of halogens is 1. The fraction of sp³-hybridized carbons (Fsp3) is 0.538. The highest BCUT2D eigenvalue weighted by Crippen LogP contribution is 2.31. The molecule has 2 rings (SSSR count). The summed E-state index contributed by atoms with van der Waals surface area (Å²) in [4.78, 5) is 14.3. The highest BCUT2D eigenvalue weighted by atomic mass is 19.1. The minimum atomic E-state index is -1.16. The molecule has 0 aliphatic heterocycles. The third-order valence-electron chi connectivity index (χ3n) is 3.81. The molecule has 0 saturated heterocycles. The van der Waals surface area contributed by atoms with Crippen molar-refractivity contribution in [3.8, 4) is 5.88 Å². The Balaban J connectivity index is 1.97. The second-order valence-electron chi connectivity index (χ2n) is 5.31. The Hall–Kier alpha value is -2.09. The first-order chi connectivity index (χ1) is 9.94. The van der Waals surface area contributed by atoms with Gasteiger partial charge in [0.25, 0.3) is 0 Å². The van der Waals surface area contributed by atoms with E-state index in [4.69, 9.17) is 5.11 Å². The van der Waals surface area contributed by atoms with Gasteiger partial charge in [0.15, 0.2) is 0 Å². The molecule has 0 atom stereocenters. The zero-order valence-corrected chi connectivity index (χ0v) is 11.3. The number of aliphatic hydroxyl groups excluding tert-OH is 1. The Morgan fingerprint density at radius 3 is 2.71 bits per heavy atom. The molecule has 1 heterocycles.